The normalized spacial score (nSPS) is 15.1. The Hall–Kier alpha value is -2.95. The Bertz CT molecular complexity index is 1040. The van der Waals surface area contributed by atoms with E-state index >= 15 is 0 Å². The van der Waals surface area contributed by atoms with E-state index in [2.05, 4.69) is 11.0 Å². The quantitative estimate of drug-likeness (QED) is 0.459. The minimum atomic E-state index is 0.00120. The van der Waals surface area contributed by atoms with Crippen molar-refractivity contribution in [3.8, 4) is 5.75 Å². The number of hydrogen-bond donors (Lipinski definition) is 0. The Morgan fingerprint density at radius 1 is 1.03 bits per heavy atom. The maximum atomic E-state index is 12.7. The molecule has 4 nitrogen and oxygen atoms in total. The van der Waals surface area contributed by atoms with Gasteiger partial charge in [-0.2, -0.15) is 0 Å². The lowest BCUT2D eigenvalue weighted by molar-refractivity contribution is 0.0339. The summed E-state index contributed by atoms with van der Waals surface area (Å²) in [5.41, 5.74) is 2.81. The number of hydrogen-bond acceptors (Lipinski definition) is 4. The van der Waals surface area contributed by atoms with Crippen molar-refractivity contribution < 1.29 is 14.3 Å². The Morgan fingerprint density at radius 2 is 1.83 bits per heavy atom. The first-order chi connectivity index (χ1) is 14.2. The fourth-order valence-corrected chi connectivity index (χ4v) is 3.64. The number of rotatable bonds is 6. The van der Waals surface area contributed by atoms with Crippen molar-refractivity contribution in [2.45, 2.75) is 6.54 Å². The molecule has 3 aromatic rings. The molecule has 148 valence electrons. The zero-order valence-electron chi connectivity index (χ0n) is 16.6. The van der Waals surface area contributed by atoms with Crippen LogP contribution in [0.4, 0.5) is 0 Å². The maximum absolute atomic E-state index is 12.7. The van der Waals surface area contributed by atoms with E-state index in [1.807, 2.05) is 60.7 Å². The fraction of sp³-hybridized carbons (Fsp3) is 0.240. The fourth-order valence-electron chi connectivity index (χ4n) is 3.64. The molecule has 1 aliphatic heterocycles. The van der Waals surface area contributed by atoms with Crippen LogP contribution in [0.3, 0.4) is 0 Å². The van der Waals surface area contributed by atoms with Crippen molar-refractivity contribution in [2.24, 2.45) is 0 Å². The smallest absolute Gasteiger partial charge is 0.185 e. The van der Waals surface area contributed by atoms with Crippen LogP contribution in [0, 0.1) is 0 Å². The van der Waals surface area contributed by atoms with E-state index in [0.717, 1.165) is 60.5 Å². The number of benzene rings is 3. The standard InChI is InChI=1S/C25H25NO3/c1-28-25-11-7-19(16-23(25)18-26-12-14-29-15-13-26)6-10-24(27)22-9-8-20-4-2-3-5-21(20)17-22/h2-11,16-17H,12-15,18H2,1H3/b10-6+. The van der Waals surface area contributed by atoms with Crippen LogP contribution in [-0.2, 0) is 11.3 Å². The second kappa shape index (κ2) is 9.03. The molecule has 0 radical (unpaired) electrons. The average Bonchev–Trinajstić information content (AvgIpc) is 2.78. The summed E-state index contributed by atoms with van der Waals surface area (Å²) in [5.74, 6) is 0.871. The molecule has 0 unspecified atom stereocenters. The van der Waals surface area contributed by atoms with Gasteiger partial charge in [0.15, 0.2) is 5.78 Å². The van der Waals surface area contributed by atoms with Gasteiger partial charge in [-0.05, 0) is 40.6 Å². The highest BCUT2D eigenvalue weighted by Crippen LogP contribution is 2.23. The third kappa shape index (κ3) is 4.73. The Labute approximate surface area is 171 Å². The monoisotopic (exact) mass is 387 g/mol. The van der Waals surface area contributed by atoms with E-state index in [1.165, 1.54) is 0 Å². The third-order valence-electron chi connectivity index (χ3n) is 5.26. The molecule has 1 heterocycles. The number of carbonyl (C=O) groups excluding carboxylic acids is 1. The maximum Gasteiger partial charge on any atom is 0.185 e. The largest absolute Gasteiger partial charge is 0.496 e. The molecule has 4 heteroatoms. The second-order valence-corrected chi connectivity index (χ2v) is 7.22. The Balaban J connectivity index is 1.51. The molecule has 3 aromatic carbocycles. The van der Waals surface area contributed by atoms with Gasteiger partial charge in [0, 0.05) is 30.8 Å². The predicted molar refractivity (Wildman–Crippen MR) is 116 cm³/mol. The molecular weight excluding hydrogens is 362 g/mol. The summed E-state index contributed by atoms with van der Waals surface area (Å²) < 4.78 is 11.0. The first-order valence-electron chi connectivity index (χ1n) is 9.91. The van der Waals surface area contributed by atoms with Gasteiger partial charge in [-0.1, -0.05) is 48.5 Å². The number of methoxy groups -OCH3 is 1. The highest BCUT2D eigenvalue weighted by molar-refractivity contribution is 6.08. The van der Waals surface area contributed by atoms with Gasteiger partial charge in [0.25, 0.3) is 0 Å². The SMILES string of the molecule is COc1ccc(/C=C/C(=O)c2ccc3ccccc3c2)cc1CN1CCOCC1. The molecule has 0 spiro atoms. The van der Waals surface area contributed by atoms with Gasteiger partial charge in [0.05, 0.1) is 20.3 Å². The van der Waals surface area contributed by atoms with E-state index in [4.69, 9.17) is 9.47 Å². The lowest BCUT2D eigenvalue weighted by Crippen LogP contribution is -2.35. The van der Waals surface area contributed by atoms with E-state index in [9.17, 15) is 4.79 Å². The van der Waals surface area contributed by atoms with Crippen molar-refractivity contribution in [3.05, 3.63) is 83.4 Å². The van der Waals surface area contributed by atoms with Crippen molar-refractivity contribution >= 4 is 22.6 Å². The van der Waals surface area contributed by atoms with Gasteiger partial charge < -0.3 is 9.47 Å². The highest BCUT2D eigenvalue weighted by Gasteiger charge is 2.13. The topological polar surface area (TPSA) is 38.8 Å². The minimum absolute atomic E-state index is 0.00120. The van der Waals surface area contributed by atoms with Crippen LogP contribution in [-0.4, -0.2) is 44.1 Å². The van der Waals surface area contributed by atoms with Gasteiger partial charge in [-0.3, -0.25) is 9.69 Å². The number of ether oxygens (including phenoxy) is 2. The van der Waals surface area contributed by atoms with Gasteiger partial charge in [-0.25, -0.2) is 0 Å². The highest BCUT2D eigenvalue weighted by atomic mass is 16.5. The summed E-state index contributed by atoms with van der Waals surface area (Å²) in [4.78, 5) is 15.0. The lowest BCUT2D eigenvalue weighted by Gasteiger charge is -2.27. The molecule has 0 aromatic heterocycles. The van der Waals surface area contributed by atoms with Gasteiger partial charge in [0.2, 0.25) is 0 Å². The van der Waals surface area contributed by atoms with Crippen molar-refractivity contribution in [1.29, 1.82) is 0 Å². The summed E-state index contributed by atoms with van der Waals surface area (Å²) in [6.07, 6.45) is 3.52. The minimum Gasteiger partial charge on any atom is -0.496 e. The van der Waals surface area contributed by atoms with E-state index in [1.54, 1.807) is 13.2 Å². The predicted octanol–water partition coefficient (Wildman–Crippen LogP) is 4.58. The number of fused-ring (bicyclic) bond motifs is 1. The summed E-state index contributed by atoms with van der Waals surface area (Å²) >= 11 is 0. The molecule has 1 saturated heterocycles. The van der Waals surface area contributed by atoms with Gasteiger partial charge >= 0.3 is 0 Å². The van der Waals surface area contributed by atoms with Crippen molar-refractivity contribution in [3.63, 3.8) is 0 Å². The number of ketones is 1. The summed E-state index contributed by atoms with van der Waals surface area (Å²) in [5, 5.41) is 2.21. The van der Waals surface area contributed by atoms with E-state index < -0.39 is 0 Å². The van der Waals surface area contributed by atoms with Crippen molar-refractivity contribution in [2.75, 3.05) is 33.4 Å². The lowest BCUT2D eigenvalue weighted by atomic mass is 10.0. The molecule has 0 amide bonds. The molecule has 1 aliphatic rings. The molecule has 4 rings (SSSR count). The number of carbonyl (C=O) groups is 1. The molecule has 0 saturated carbocycles. The molecule has 0 aliphatic carbocycles. The molecular formula is C25H25NO3. The van der Waals surface area contributed by atoms with Crippen LogP contribution in [0.5, 0.6) is 5.75 Å². The first kappa shape index (κ1) is 19.4. The third-order valence-corrected chi connectivity index (χ3v) is 5.26. The number of allylic oxidation sites excluding steroid dienone is 1. The molecule has 0 N–H and O–H groups in total. The molecule has 1 fully saturated rings. The summed E-state index contributed by atoms with van der Waals surface area (Å²) in [6, 6.07) is 19.9. The first-order valence-corrected chi connectivity index (χ1v) is 9.91. The summed E-state index contributed by atoms with van der Waals surface area (Å²) in [7, 11) is 1.69. The zero-order valence-corrected chi connectivity index (χ0v) is 16.6. The van der Waals surface area contributed by atoms with E-state index in [0.29, 0.717) is 5.56 Å². The number of morpholine rings is 1. The molecule has 0 bridgehead atoms. The number of nitrogens with zero attached hydrogens (tertiary/aromatic N) is 1. The van der Waals surface area contributed by atoms with Gasteiger partial charge in [-0.15, -0.1) is 0 Å². The zero-order chi connectivity index (χ0) is 20.1. The van der Waals surface area contributed by atoms with Gasteiger partial charge in [0.1, 0.15) is 5.75 Å². The van der Waals surface area contributed by atoms with Crippen LogP contribution in [0.15, 0.2) is 66.7 Å². The second-order valence-electron chi connectivity index (χ2n) is 7.22. The molecule has 0 atom stereocenters. The van der Waals surface area contributed by atoms with Crippen LogP contribution in [0.2, 0.25) is 0 Å². The van der Waals surface area contributed by atoms with E-state index in [-0.39, 0.29) is 5.78 Å². The van der Waals surface area contributed by atoms with Crippen molar-refractivity contribution in [1.82, 2.24) is 4.90 Å². The van der Waals surface area contributed by atoms with Crippen LogP contribution < -0.4 is 4.74 Å². The average molecular weight is 387 g/mol. The Morgan fingerprint density at radius 3 is 2.62 bits per heavy atom. The van der Waals surface area contributed by atoms with Crippen LogP contribution in [0.1, 0.15) is 21.5 Å². The molecule has 29 heavy (non-hydrogen) atoms. The van der Waals surface area contributed by atoms with Crippen LogP contribution >= 0.6 is 0 Å². The Kier molecular flexibility index (Phi) is 6.03. The van der Waals surface area contributed by atoms with Crippen LogP contribution in [0.25, 0.3) is 16.8 Å². The summed E-state index contributed by atoms with van der Waals surface area (Å²) in [6.45, 7) is 4.19.